The molecule has 0 spiro atoms. The molecule has 0 aromatic carbocycles. The van der Waals surface area contributed by atoms with Gasteiger partial charge in [0.25, 0.3) is 5.91 Å². The fourth-order valence-electron chi connectivity index (χ4n) is 1.76. The highest BCUT2D eigenvalue weighted by Crippen LogP contribution is 2.12. The number of thiophene rings is 1. The Kier molecular flexibility index (Phi) is 4.35. The second-order valence-electron chi connectivity index (χ2n) is 4.41. The highest BCUT2D eigenvalue weighted by Gasteiger charge is 2.07. The first-order valence-electron chi connectivity index (χ1n) is 6.63. The van der Waals surface area contributed by atoms with E-state index in [0.717, 1.165) is 5.69 Å². The normalized spacial score (nSPS) is 10.2. The zero-order valence-corrected chi connectivity index (χ0v) is 12.4. The summed E-state index contributed by atoms with van der Waals surface area (Å²) in [6.45, 7) is 0.566. The molecule has 0 saturated carbocycles. The van der Waals surface area contributed by atoms with Crippen molar-refractivity contribution in [2.24, 2.45) is 0 Å². The molecule has 1 amide bonds. The number of aromatic nitrogens is 3. The Hall–Kier alpha value is -2.80. The van der Waals surface area contributed by atoms with Gasteiger partial charge in [-0.05, 0) is 35.7 Å². The maximum Gasteiger partial charge on any atom is 0.266 e. The molecule has 0 aliphatic carbocycles. The first kappa shape index (κ1) is 14.2. The number of hydrogen-bond acceptors (Lipinski definition) is 6. The van der Waals surface area contributed by atoms with Gasteiger partial charge in [0, 0.05) is 6.20 Å². The third kappa shape index (κ3) is 3.64. The van der Waals surface area contributed by atoms with Crippen molar-refractivity contribution in [2.75, 3.05) is 10.6 Å². The van der Waals surface area contributed by atoms with Crippen LogP contribution in [0.5, 0.6) is 0 Å². The summed E-state index contributed by atoms with van der Waals surface area (Å²) in [6, 6.07) is 12.8. The Morgan fingerprint density at radius 1 is 1.05 bits per heavy atom. The van der Waals surface area contributed by atoms with Gasteiger partial charge in [-0.15, -0.1) is 21.5 Å². The number of carbonyl (C=O) groups is 1. The van der Waals surface area contributed by atoms with Crippen molar-refractivity contribution in [1.29, 1.82) is 0 Å². The maximum atomic E-state index is 11.9. The number of anilines is 2. The van der Waals surface area contributed by atoms with Gasteiger partial charge in [0.15, 0.2) is 5.82 Å². The molecule has 0 unspecified atom stereocenters. The summed E-state index contributed by atoms with van der Waals surface area (Å²) in [5.41, 5.74) is 0.916. The topological polar surface area (TPSA) is 79.8 Å². The number of rotatable bonds is 5. The second kappa shape index (κ2) is 6.77. The van der Waals surface area contributed by atoms with E-state index in [4.69, 9.17) is 0 Å². The molecule has 6 nitrogen and oxygen atoms in total. The van der Waals surface area contributed by atoms with Gasteiger partial charge in [0.1, 0.15) is 5.82 Å². The van der Waals surface area contributed by atoms with Gasteiger partial charge < -0.3 is 10.6 Å². The monoisotopic (exact) mass is 311 g/mol. The van der Waals surface area contributed by atoms with Gasteiger partial charge in [-0.25, -0.2) is 0 Å². The van der Waals surface area contributed by atoms with Crippen LogP contribution in [0.3, 0.4) is 0 Å². The number of pyridine rings is 1. The van der Waals surface area contributed by atoms with Gasteiger partial charge in [-0.3, -0.25) is 9.78 Å². The predicted molar refractivity (Wildman–Crippen MR) is 85.9 cm³/mol. The van der Waals surface area contributed by atoms with E-state index in [1.165, 1.54) is 11.3 Å². The number of carbonyl (C=O) groups excluding carboxylic acids is 1. The zero-order chi connectivity index (χ0) is 15.2. The third-order valence-electron chi connectivity index (χ3n) is 2.83. The molecule has 0 atom stereocenters. The van der Waals surface area contributed by atoms with Gasteiger partial charge in [0.2, 0.25) is 0 Å². The van der Waals surface area contributed by atoms with Crippen LogP contribution in [0.2, 0.25) is 0 Å². The summed E-state index contributed by atoms with van der Waals surface area (Å²) >= 11 is 1.38. The second-order valence-corrected chi connectivity index (χ2v) is 5.36. The molecular weight excluding hydrogens is 298 g/mol. The first-order valence-corrected chi connectivity index (χ1v) is 7.51. The van der Waals surface area contributed by atoms with Crippen LogP contribution in [-0.4, -0.2) is 21.1 Å². The van der Waals surface area contributed by atoms with E-state index >= 15 is 0 Å². The van der Waals surface area contributed by atoms with E-state index in [1.807, 2.05) is 29.6 Å². The molecule has 22 heavy (non-hydrogen) atoms. The Morgan fingerprint density at radius 3 is 2.59 bits per heavy atom. The van der Waals surface area contributed by atoms with Crippen molar-refractivity contribution in [3.63, 3.8) is 0 Å². The summed E-state index contributed by atoms with van der Waals surface area (Å²) in [5.74, 6) is 0.861. The zero-order valence-electron chi connectivity index (χ0n) is 11.6. The van der Waals surface area contributed by atoms with Crippen molar-refractivity contribution >= 4 is 28.9 Å². The van der Waals surface area contributed by atoms with Crippen LogP contribution in [-0.2, 0) is 6.54 Å². The molecule has 0 aliphatic rings. The molecule has 3 heterocycles. The van der Waals surface area contributed by atoms with Crippen molar-refractivity contribution in [3.8, 4) is 0 Å². The summed E-state index contributed by atoms with van der Waals surface area (Å²) in [5, 5.41) is 15.7. The Morgan fingerprint density at radius 2 is 1.91 bits per heavy atom. The molecule has 110 valence electrons. The molecule has 0 saturated heterocycles. The highest BCUT2D eigenvalue weighted by atomic mass is 32.1. The van der Waals surface area contributed by atoms with E-state index in [0.29, 0.717) is 23.1 Å². The van der Waals surface area contributed by atoms with Crippen LogP contribution in [0.4, 0.5) is 11.6 Å². The van der Waals surface area contributed by atoms with Gasteiger partial charge in [-0.1, -0.05) is 12.1 Å². The summed E-state index contributed by atoms with van der Waals surface area (Å²) in [7, 11) is 0. The minimum Gasteiger partial charge on any atom is -0.363 e. The molecule has 0 fully saturated rings. The van der Waals surface area contributed by atoms with E-state index in [2.05, 4.69) is 25.8 Å². The largest absolute Gasteiger partial charge is 0.363 e. The Bertz CT molecular complexity index is 728. The predicted octanol–water partition coefficient (Wildman–Crippen LogP) is 2.80. The van der Waals surface area contributed by atoms with Crippen LogP contribution >= 0.6 is 11.3 Å². The molecular formula is C15H13N5OS. The summed E-state index contributed by atoms with van der Waals surface area (Å²) in [6.07, 6.45) is 1.74. The molecule has 0 bridgehead atoms. The van der Waals surface area contributed by atoms with E-state index < -0.39 is 0 Å². The molecule has 0 radical (unpaired) electrons. The minimum atomic E-state index is -0.182. The smallest absolute Gasteiger partial charge is 0.266 e. The van der Waals surface area contributed by atoms with Crippen molar-refractivity contribution < 1.29 is 4.79 Å². The lowest BCUT2D eigenvalue weighted by atomic mass is 10.3. The van der Waals surface area contributed by atoms with Crippen LogP contribution in [0, 0.1) is 0 Å². The average molecular weight is 311 g/mol. The molecule has 3 aromatic heterocycles. The van der Waals surface area contributed by atoms with Gasteiger partial charge in [-0.2, -0.15) is 0 Å². The number of hydrogen-bond donors (Lipinski definition) is 2. The first-order chi connectivity index (χ1) is 10.8. The van der Waals surface area contributed by atoms with E-state index in [1.54, 1.807) is 24.4 Å². The SMILES string of the molecule is O=C(Nc1ccc(NCc2ccccn2)nn1)c1cccs1. The molecule has 2 N–H and O–H groups in total. The lowest BCUT2D eigenvalue weighted by Crippen LogP contribution is -2.12. The fourth-order valence-corrected chi connectivity index (χ4v) is 2.38. The number of nitrogens with one attached hydrogen (secondary N) is 2. The highest BCUT2D eigenvalue weighted by molar-refractivity contribution is 7.12. The van der Waals surface area contributed by atoms with Crippen molar-refractivity contribution in [2.45, 2.75) is 6.54 Å². The summed E-state index contributed by atoms with van der Waals surface area (Å²) in [4.78, 5) is 16.7. The van der Waals surface area contributed by atoms with Crippen LogP contribution in [0.15, 0.2) is 54.0 Å². The van der Waals surface area contributed by atoms with Crippen LogP contribution in [0.1, 0.15) is 15.4 Å². The van der Waals surface area contributed by atoms with Crippen molar-refractivity contribution in [3.05, 3.63) is 64.6 Å². The minimum absolute atomic E-state index is 0.182. The van der Waals surface area contributed by atoms with Crippen LogP contribution < -0.4 is 10.6 Å². The van der Waals surface area contributed by atoms with Gasteiger partial charge >= 0.3 is 0 Å². The molecule has 7 heteroatoms. The maximum absolute atomic E-state index is 11.9. The van der Waals surface area contributed by atoms with Crippen molar-refractivity contribution in [1.82, 2.24) is 15.2 Å². The average Bonchev–Trinajstić information content (AvgIpc) is 3.10. The molecule has 3 rings (SSSR count). The Balaban J connectivity index is 1.57. The molecule has 0 aliphatic heterocycles. The lowest BCUT2D eigenvalue weighted by Gasteiger charge is -2.05. The number of amides is 1. The third-order valence-corrected chi connectivity index (χ3v) is 3.70. The van der Waals surface area contributed by atoms with E-state index in [9.17, 15) is 4.79 Å². The standard InChI is InChI=1S/C15H13N5OS/c21-15(12-5-3-9-22-12)18-14-7-6-13(19-20-14)17-10-11-4-1-2-8-16-11/h1-9H,10H2,(H,17,19)(H,18,20,21). The summed E-state index contributed by atoms with van der Waals surface area (Å²) < 4.78 is 0. The molecule has 3 aromatic rings. The number of nitrogens with zero attached hydrogens (tertiary/aromatic N) is 3. The van der Waals surface area contributed by atoms with E-state index in [-0.39, 0.29) is 5.91 Å². The fraction of sp³-hybridized carbons (Fsp3) is 0.0667. The van der Waals surface area contributed by atoms with Crippen LogP contribution in [0.25, 0.3) is 0 Å². The van der Waals surface area contributed by atoms with Gasteiger partial charge in [0.05, 0.1) is 17.1 Å². The quantitative estimate of drug-likeness (QED) is 0.757. The Labute approximate surface area is 131 Å². The lowest BCUT2D eigenvalue weighted by molar-refractivity contribution is 0.103.